The normalized spacial score (nSPS) is 16.6. The summed E-state index contributed by atoms with van der Waals surface area (Å²) in [4.78, 5) is 0. The number of nitrogens with zero attached hydrogens (tertiary/aromatic N) is 1. The summed E-state index contributed by atoms with van der Waals surface area (Å²) < 4.78 is 2.33. The Balaban J connectivity index is 2.06. The molecule has 1 heteroatoms. The molecule has 0 aliphatic heterocycles. The first-order valence-electron chi connectivity index (χ1n) is 4.89. The van der Waals surface area contributed by atoms with E-state index >= 15 is 0 Å². The highest BCUT2D eigenvalue weighted by Gasteiger charge is 2.21. The van der Waals surface area contributed by atoms with Gasteiger partial charge in [0.05, 0.1) is 0 Å². The van der Waals surface area contributed by atoms with E-state index in [1.54, 1.807) is 0 Å². The van der Waals surface area contributed by atoms with Crippen molar-refractivity contribution < 1.29 is 0 Å². The van der Waals surface area contributed by atoms with Gasteiger partial charge in [-0.3, -0.25) is 0 Å². The summed E-state index contributed by atoms with van der Waals surface area (Å²) in [6.45, 7) is 1.18. The summed E-state index contributed by atoms with van der Waals surface area (Å²) in [7, 11) is 0. The van der Waals surface area contributed by atoms with Crippen molar-refractivity contribution in [2.45, 2.75) is 19.4 Å². The molecule has 1 fully saturated rings. The minimum Gasteiger partial charge on any atom is -0.347 e. The maximum atomic E-state index is 3.28. The molecule has 1 aliphatic rings. The monoisotopic (exact) mass is 170 g/mol. The Kier molecular flexibility index (Phi) is 1.45. The fourth-order valence-electron chi connectivity index (χ4n) is 1.79. The van der Waals surface area contributed by atoms with Gasteiger partial charge in [-0.2, -0.15) is 0 Å². The van der Waals surface area contributed by atoms with Crippen LogP contribution in [0.4, 0.5) is 0 Å². The van der Waals surface area contributed by atoms with Crippen LogP contribution in [-0.4, -0.2) is 4.57 Å². The van der Waals surface area contributed by atoms with Gasteiger partial charge in [-0.1, -0.05) is 18.2 Å². The Bertz CT molecular complexity index is 423. The molecule has 0 spiro atoms. The average molecular weight is 170 g/mol. The van der Waals surface area contributed by atoms with Crippen LogP contribution in [0.5, 0.6) is 0 Å². The molecule has 1 saturated carbocycles. The van der Waals surface area contributed by atoms with Crippen molar-refractivity contribution in [1.29, 1.82) is 0 Å². The van der Waals surface area contributed by atoms with Crippen molar-refractivity contribution in [2.75, 3.05) is 0 Å². The SMILES string of the molecule is [c]1cn(CC2CC2)c2ccccc12. The van der Waals surface area contributed by atoms with E-state index in [1.165, 1.54) is 30.3 Å². The van der Waals surface area contributed by atoms with Crippen molar-refractivity contribution in [3.63, 3.8) is 0 Å². The average Bonchev–Trinajstić information content (AvgIpc) is 2.88. The molecule has 1 nitrogen and oxygen atoms in total. The molecule has 0 bridgehead atoms. The second kappa shape index (κ2) is 2.63. The molecule has 0 amide bonds. The van der Waals surface area contributed by atoms with Gasteiger partial charge < -0.3 is 4.57 Å². The third-order valence-electron chi connectivity index (χ3n) is 2.74. The molecule has 1 heterocycles. The maximum absolute atomic E-state index is 3.28. The highest BCUT2D eigenvalue weighted by molar-refractivity contribution is 5.79. The Morgan fingerprint density at radius 2 is 2.15 bits per heavy atom. The number of hydrogen-bond donors (Lipinski definition) is 0. The van der Waals surface area contributed by atoms with Gasteiger partial charge in [0.2, 0.25) is 0 Å². The van der Waals surface area contributed by atoms with Gasteiger partial charge in [0.25, 0.3) is 0 Å². The van der Waals surface area contributed by atoms with Gasteiger partial charge in [0.1, 0.15) is 0 Å². The number of benzene rings is 1. The topological polar surface area (TPSA) is 4.93 Å². The Morgan fingerprint density at radius 3 is 3.00 bits per heavy atom. The number of fused-ring (bicyclic) bond motifs is 1. The van der Waals surface area contributed by atoms with Crippen LogP contribution in [0.2, 0.25) is 0 Å². The van der Waals surface area contributed by atoms with E-state index in [0.29, 0.717) is 0 Å². The summed E-state index contributed by atoms with van der Waals surface area (Å²) in [5.41, 5.74) is 1.33. The van der Waals surface area contributed by atoms with Crippen LogP contribution in [-0.2, 0) is 6.54 Å². The Labute approximate surface area is 78.0 Å². The molecule has 13 heavy (non-hydrogen) atoms. The first-order chi connectivity index (χ1) is 6.43. The summed E-state index contributed by atoms with van der Waals surface area (Å²) in [6.07, 6.45) is 4.90. The van der Waals surface area contributed by atoms with E-state index < -0.39 is 0 Å². The fraction of sp³-hybridized carbons (Fsp3) is 0.333. The summed E-state index contributed by atoms with van der Waals surface area (Å²) >= 11 is 0. The molecule has 0 unspecified atom stereocenters. The van der Waals surface area contributed by atoms with E-state index in [4.69, 9.17) is 0 Å². The van der Waals surface area contributed by atoms with Gasteiger partial charge >= 0.3 is 0 Å². The molecular formula is C12H12N. The van der Waals surface area contributed by atoms with Gasteiger partial charge in [-0.05, 0) is 24.8 Å². The van der Waals surface area contributed by atoms with Crippen LogP contribution >= 0.6 is 0 Å². The van der Waals surface area contributed by atoms with Crippen LogP contribution in [0.3, 0.4) is 0 Å². The zero-order valence-corrected chi connectivity index (χ0v) is 7.53. The lowest BCUT2D eigenvalue weighted by atomic mass is 10.2. The van der Waals surface area contributed by atoms with Crippen molar-refractivity contribution in [2.24, 2.45) is 5.92 Å². The smallest absolute Gasteiger partial charge is 0.0486 e. The molecule has 2 aromatic rings. The van der Waals surface area contributed by atoms with Gasteiger partial charge in [-0.25, -0.2) is 0 Å². The lowest BCUT2D eigenvalue weighted by Gasteiger charge is -2.02. The van der Waals surface area contributed by atoms with Crippen LogP contribution < -0.4 is 0 Å². The molecule has 0 saturated heterocycles. The molecule has 0 N–H and O–H groups in total. The zero-order chi connectivity index (χ0) is 8.67. The van der Waals surface area contributed by atoms with Crippen molar-refractivity contribution in [1.82, 2.24) is 4.57 Å². The standard InChI is InChI=1S/C12H12N/c1-2-4-12-11(3-1)7-8-13(12)9-10-5-6-10/h1-4,8,10H,5-6,9H2. The number of rotatable bonds is 2. The van der Waals surface area contributed by atoms with E-state index in [0.717, 1.165) is 5.92 Å². The second-order valence-electron chi connectivity index (χ2n) is 3.89. The molecule has 1 radical (unpaired) electrons. The molecule has 1 aromatic heterocycles. The van der Waals surface area contributed by atoms with Crippen molar-refractivity contribution in [3.05, 3.63) is 36.5 Å². The van der Waals surface area contributed by atoms with E-state index in [9.17, 15) is 0 Å². The molecule has 65 valence electrons. The van der Waals surface area contributed by atoms with Crippen molar-refractivity contribution in [3.8, 4) is 0 Å². The predicted molar refractivity (Wildman–Crippen MR) is 53.5 cm³/mol. The zero-order valence-electron chi connectivity index (χ0n) is 7.53. The van der Waals surface area contributed by atoms with Crippen molar-refractivity contribution >= 4 is 10.9 Å². The quantitative estimate of drug-likeness (QED) is 0.653. The molecule has 1 aromatic carbocycles. The minimum absolute atomic E-state index is 0.934. The lowest BCUT2D eigenvalue weighted by molar-refractivity contribution is 0.647. The van der Waals surface area contributed by atoms with Crippen LogP contribution in [0.25, 0.3) is 10.9 Å². The van der Waals surface area contributed by atoms with Gasteiger partial charge in [0.15, 0.2) is 0 Å². The second-order valence-corrected chi connectivity index (χ2v) is 3.89. The molecule has 3 rings (SSSR count). The van der Waals surface area contributed by atoms with Crippen LogP contribution in [0, 0.1) is 12.0 Å². The van der Waals surface area contributed by atoms with E-state index in [1.807, 2.05) is 0 Å². The first-order valence-corrected chi connectivity index (χ1v) is 4.89. The fourth-order valence-corrected chi connectivity index (χ4v) is 1.79. The van der Waals surface area contributed by atoms with Crippen LogP contribution in [0.15, 0.2) is 30.5 Å². The summed E-state index contributed by atoms with van der Waals surface area (Å²) in [6, 6.07) is 11.7. The van der Waals surface area contributed by atoms with Gasteiger partial charge in [-0.15, -0.1) is 0 Å². The first kappa shape index (κ1) is 7.19. The summed E-state index contributed by atoms with van der Waals surface area (Å²) in [5, 5.41) is 1.24. The molecular weight excluding hydrogens is 158 g/mol. The number of aromatic nitrogens is 1. The Morgan fingerprint density at radius 1 is 1.31 bits per heavy atom. The van der Waals surface area contributed by atoms with Gasteiger partial charge in [0, 0.05) is 29.7 Å². The number of para-hydroxylation sites is 1. The third kappa shape index (κ3) is 1.24. The minimum atomic E-state index is 0.934. The molecule has 0 atom stereocenters. The maximum Gasteiger partial charge on any atom is 0.0486 e. The van der Waals surface area contributed by atoms with Crippen LogP contribution in [0.1, 0.15) is 12.8 Å². The Hall–Kier alpha value is -1.24. The predicted octanol–water partition coefficient (Wildman–Crippen LogP) is 2.85. The van der Waals surface area contributed by atoms with E-state index in [2.05, 4.69) is 41.1 Å². The highest BCUT2D eigenvalue weighted by Crippen LogP contribution is 2.31. The third-order valence-corrected chi connectivity index (χ3v) is 2.74. The lowest BCUT2D eigenvalue weighted by Crippen LogP contribution is -1.96. The highest BCUT2D eigenvalue weighted by atomic mass is 15.0. The number of hydrogen-bond acceptors (Lipinski definition) is 0. The molecule has 1 aliphatic carbocycles. The van der Waals surface area contributed by atoms with E-state index in [-0.39, 0.29) is 0 Å². The largest absolute Gasteiger partial charge is 0.347 e. The summed E-state index contributed by atoms with van der Waals surface area (Å²) in [5.74, 6) is 0.934.